The lowest BCUT2D eigenvalue weighted by molar-refractivity contribution is -0.218. The lowest BCUT2D eigenvalue weighted by atomic mass is 9.82. The average Bonchev–Trinajstić information content (AvgIpc) is 3.51. The minimum absolute atomic E-state index is 0.0164. The summed E-state index contributed by atoms with van der Waals surface area (Å²) in [5.41, 5.74) is 8.96. The third-order valence-electron chi connectivity index (χ3n) is 9.38. The topological polar surface area (TPSA) is 285 Å². The minimum atomic E-state index is -5.00. The van der Waals surface area contributed by atoms with Crippen LogP contribution in [0.4, 0.5) is 5.13 Å². The molecule has 1 aromatic heterocycles. The van der Waals surface area contributed by atoms with Crippen LogP contribution in [0.3, 0.4) is 0 Å². The molecule has 5 rings (SSSR count). The predicted molar refractivity (Wildman–Crippen MR) is 181 cm³/mol. The molecule has 3 aliphatic rings. The molecule has 2 fully saturated rings. The first kappa shape index (κ1) is 37.3. The number of aryl methyl sites for hydroxylation is 1. The molecule has 0 radical (unpaired) electrons. The van der Waals surface area contributed by atoms with Crippen molar-refractivity contribution in [1.82, 2.24) is 20.7 Å². The number of carbonyl (C=O) groups is 2. The van der Waals surface area contributed by atoms with E-state index in [4.69, 9.17) is 31.0 Å². The van der Waals surface area contributed by atoms with Crippen LogP contribution in [-0.4, -0.2) is 105 Å². The van der Waals surface area contributed by atoms with Gasteiger partial charge in [-0.05, 0) is 83.1 Å². The van der Waals surface area contributed by atoms with Crippen molar-refractivity contribution in [1.29, 1.82) is 5.41 Å². The van der Waals surface area contributed by atoms with Crippen molar-refractivity contribution in [3.8, 4) is 5.75 Å². The first-order valence-corrected chi connectivity index (χ1v) is 18.1. The van der Waals surface area contributed by atoms with E-state index in [-0.39, 0.29) is 35.0 Å². The number of amidine groups is 1. The number of aliphatic hydroxyl groups excluding tert-OH is 1. The maximum Gasteiger partial charge on any atom is 0.418 e. The number of nitrogen functional groups attached to an aromatic ring is 1. The molecule has 1 aliphatic carbocycles. The number of amides is 2. The summed E-state index contributed by atoms with van der Waals surface area (Å²) in [6.07, 6.45) is 2.74. The third kappa shape index (κ3) is 7.85. The van der Waals surface area contributed by atoms with E-state index < -0.39 is 57.7 Å². The summed E-state index contributed by atoms with van der Waals surface area (Å²) in [7, 11) is -5.00. The van der Waals surface area contributed by atoms with Gasteiger partial charge in [0.15, 0.2) is 16.4 Å². The summed E-state index contributed by atoms with van der Waals surface area (Å²) >= 11 is 1.02. The van der Waals surface area contributed by atoms with Gasteiger partial charge in [-0.1, -0.05) is 5.16 Å². The maximum absolute atomic E-state index is 13.5. The van der Waals surface area contributed by atoms with Crippen LogP contribution in [0.5, 0.6) is 5.75 Å². The van der Waals surface area contributed by atoms with Crippen LogP contribution in [0.1, 0.15) is 69.7 Å². The van der Waals surface area contributed by atoms with Gasteiger partial charge in [0, 0.05) is 23.5 Å². The zero-order valence-corrected chi connectivity index (χ0v) is 29.3. The second kappa shape index (κ2) is 14.0. The highest BCUT2D eigenvalue weighted by molar-refractivity contribution is 7.80. The van der Waals surface area contributed by atoms with Gasteiger partial charge < -0.3 is 41.9 Å². The van der Waals surface area contributed by atoms with Gasteiger partial charge in [0.05, 0.1) is 17.7 Å². The van der Waals surface area contributed by atoms with E-state index in [9.17, 15) is 28.2 Å². The van der Waals surface area contributed by atoms with Crippen molar-refractivity contribution in [3.05, 3.63) is 40.4 Å². The predicted octanol–water partition coefficient (Wildman–Crippen LogP) is -0.0218. The van der Waals surface area contributed by atoms with Gasteiger partial charge in [-0.15, -0.1) is 15.6 Å². The Morgan fingerprint density at radius 2 is 1.98 bits per heavy atom. The molecular weight excluding hydrogens is 697 g/mol. The first-order chi connectivity index (χ1) is 23.4. The highest BCUT2D eigenvalue weighted by Gasteiger charge is 2.58. The van der Waals surface area contributed by atoms with Crippen LogP contribution in [0, 0.1) is 5.41 Å². The Kier molecular flexibility index (Phi) is 10.5. The number of β-lactam (4-membered cyclic amide) rings is 1. The molecule has 18 nitrogen and oxygen atoms in total. The van der Waals surface area contributed by atoms with Crippen LogP contribution in [0.2, 0.25) is 0 Å². The number of nitrogens with zero attached hydrogens (tertiary/aromatic N) is 3. The largest absolute Gasteiger partial charge is 0.486 e. The quantitative estimate of drug-likeness (QED) is 0.0467. The fourth-order valence-corrected chi connectivity index (χ4v) is 7.13. The fraction of sp³-hybridized carbons (Fsp3) is 0.567. The smallest absolute Gasteiger partial charge is 0.418 e. The van der Waals surface area contributed by atoms with Crippen molar-refractivity contribution in [3.63, 3.8) is 0 Å². The standard InChI is InChI=1S/C30H42N8O10S2/c1-28(2)23(26(41)38(28)48-50(43,44)45)36-25(40)22(19-13-49-27(33)35-19)37-47-29(3,15-39)21-7-5-16-12-17(4-6-20(16)46-21)24(32)34-18-8-10-30(42,14-31)11-9-18/h4,6,12-13,18,21,23,39,42H,5,7-11,14-15,31H2,1-3H3,(H2,32,34)(H2,33,35)(H,36,40)(H,43,44,45)/b37-22-/t18-,21-,23-,29-,30+/m1/s1. The van der Waals surface area contributed by atoms with Gasteiger partial charge in [0.1, 0.15) is 29.4 Å². The number of fused-ring (bicyclic) bond motifs is 1. The molecule has 20 heteroatoms. The summed E-state index contributed by atoms with van der Waals surface area (Å²) in [5, 5.41) is 41.2. The van der Waals surface area contributed by atoms with E-state index in [0.717, 1.165) is 16.9 Å². The molecule has 274 valence electrons. The monoisotopic (exact) mass is 738 g/mol. The number of thiazole rings is 1. The molecule has 0 unspecified atom stereocenters. The van der Waals surface area contributed by atoms with Crippen molar-refractivity contribution in [2.75, 3.05) is 18.9 Å². The van der Waals surface area contributed by atoms with E-state index in [2.05, 4.69) is 25.1 Å². The van der Waals surface area contributed by atoms with Gasteiger partial charge in [0.2, 0.25) is 0 Å². The first-order valence-electron chi connectivity index (χ1n) is 15.9. The molecule has 0 spiro atoms. The van der Waals surface area contributed by atoms with Crippen molar-refractivity contribution >= 4 is 50.2 Å². The SMILES string of the molecule is CC1(C)[C@H](NC(=O)/C(=N\O[C@](C)(CO)[C@H]2CCc3cc(C(=N)N[C@H]4CC[C@](O)(CN)CC4)ccc3O2)c2csc(N)n2)C(=O)N1OS(=O)(=O)O. The van der Waals surface area contributed by atoms with Crippen LogP contribution in [0.15, 0.2) is 28.7 Å². The van der Waals surface area contributed by atoms with Gasteiger partial charge >= 0.3 is 10.4 Å². The second-order valence-electron chi connectivity index (χ2n) is 13.5. The number of hydroxylamine groups is 2. The number of anilines is 1. The highest BCUT2D eigenvalue weighted by Crippen LogP contribution is 2.35. The normalized spacial score (nSPS) is 26.1. The Bertz CT molecular complexity index is 1780. The van der Waals surface area contributed by atoms with Crippen LogP contribution >= 0.6 is 11.3 Å². The summed E-state index contributed by atoms with van der Waals surface area (Å²) < 4.78 is 41.9. The van der Waals surface area contributed by atoms with Crippen LogP contribution in [0.25, 0.3) is 0 Å². The third-order valence-corrected chi connectivity index (χ3v) is 10.4. The van der Waals surface area contributed by atoms with Crippen LogP contribution in [-0.2, 0) is 35.5 Å². The molecule has 1 saturated heterocycles. The average molecular weight is 739 g/mol. The number of carbonyl (C=O) groups excluding carboxylic acids is 2. The summed E-state index contributed by atoms with van der Waals surface area (Å²) in [6.45, 7) is 4.02. The highest BCUT2D eigenvalue weighted by atomic mass is 32.3. The Hall–Kier alpha value is -3.92. The molecule has 3 atom stereocenters. The van der Waals surface area contributed by atoms with Gasteiger partial charge in [-0.2, -0.15) is 13.5 Å². The Morgan fingerprint density at radius 1 is 1.28 bits per heavy atom. The number of benzene rings is 1. The van der Waals surface area contributed by atoms with Gasteiger partial charge in [-0.25, -0.2) is 4.98 Å². The number of nitrogens with one attached hydrogen (secondary N) is 3. The zero-order chi connectivity index (χ0) is 36.6. The summed E-state index contributed by atoms with van der Waals surface area (Å²) in [6, 6.07) is 4.14. The number of oxime groups is 1. The minimum Gasteiger partial charge on any atom is -0.486 e. The number of hydrogen-bond acceptors (Lipinski definition) is 15. The Labute approximate surface area is 292 Å². The van der Waals surface area contributed by atoms with E-state index in [1.54, 1.807) is 19.1 Å². The number of aliphatic hydroxyl groups is 2. The van der Waals surface area contributed by atoms with Crippen molar-refractivity contribution in [2.45, 2.75) is 94.2 Å². The molecule has 3 heterocycles. The molecule has 0 bridgehead atoms. The zero-order valence-electron chi connectivity index (χ0n) is 27.7. The van der Waals surface area contributed by atoms with E-state index >= 15 is 0 Å². The molecule has 1 saturated carbocycles. The molecule has 2 amide bonds. The Morgan fingerprint density at radius 3 is 2.56 bits per heavy atom. The molecular formula is C30H42N8O10S2. The Balaban J connectivity index is 1.27. The number of hydrogen-bond donors (Lipinski definition) is 8. The van der Waals surface area contributed by atoms with Gasteiger partial charge in [0.25, 0.3) is 11.8 Å². The number of aromatic nitrogens is 1. The molecule has 2 aliphatic heterocycles. The second-order valence-corrected chi connectivity index (χ2v) is 15.4. The molecule has 1 aromatic carbocycles. The van der Waals surface area contributed by atoms with Crippen LogP contribution < -0.4 is 26.8 Å². The lowest BCUT2D eigenvalue weighted by Crippen LogP contribution is -2.76. The van der Waals surface area contributed by atoms with Crippen molar-refractivity contribution < 1.29 is 46.6 Å². The maximum atomic E-state index is 13.5. The fourth-order valence-electron chi connectivity index (χ4n) is 6.12. The van der Waals surface area contributed by atoms with E-state index in [1.807, 2.05) is 6.07 Å². The van der Waals surface area contributed by atoms with Crippen molar-refractivity contribution in [2.24, 2.45) is 10.9 Å². The number of nitrogens with two attached hydrogens (primary N) is 2. The molecule has 50 heavy (non-hydrogen) atoms. The summed E-state index contributed by atoms with van der Waals surface area (Å²) in [4.78, 5) is 36.0. The molecule has 2 aromatic rings. The number of ether oxygens (including phenoxy) is 1. The molecule has 10 N–H and O–H groups in total. The number of rotatable bonds is 12. The summed E-state index contributed by atoms with van der Waals surface area (Å²) in [5.74, 6) is -1.08. The van der Waals surface area contributed by atoms with E-state index in [0.29, 0.717) is 54.9 Å². The van der Waals surface area contributed by atoms with Gasteiger partial charge in [-0.3, -0.25) is 19.6 Å². The van der Waals surface area contributed by atoms with E-state index in [1.165, 1.54) is 19.2 Å². The lowest BCUT2D eigenvalue weighted by Gasteiger charge is -2.50.